The molecule has 1 saturated carbocycles. The van der Waals surface area contributed by atoms with Crippen LogP contribution >= 0.6 is 0 Å². The highest BCUT2D eigenvalue weighted by Crippen LogP contribution is 2.43. The van der Waals surface area contributed by atoms with Crippen molar-refractivity contribution in [3.63, 3.8) is 0 Å². The zero-order valence-electron chi connectivity index (χ0n) is 22.4. The van der Waals surface area contributed by atoms with Crippen molar-refractivity contribution >= 4 is 5.91 Å². The van der Waals surface area contributed by atoms with Crippen molar-refractivity contribution in [2.75, 3.05) is 26.7 Å². The molecule has 0 spiro atoms. The second-order valence-corrected chi connectivity index (χ2v) is 10.1. The molecule has 1 amide bonds. The first-order valence-corrected chi connectivity index (χ1v) is 13.5. The maximum atomic E-state index is 12.9. The van der Waals surface area contributed by atoms with Gasteiger partial charge in [-0.05, 0) is 87.4 Å². The number of amides is 1. The van der Waals surface area contributed by atoms with Crippen LogP contribution in [0.2, 0.25) is 0 Å². The first kappa shape index (κ1) is 25.3. The van der Waals surface area contributed by atoms with Gasteiger partial charge < -0.3 is 19.4 Å². The zero-order chi connectivity index (χ0) is 25.9. The lowest BCUT2D eigenvalue weighted by molar-refractivity contribution is 0.0773. The number of carbonyl (C=O) groups excluding carboxylic acids is 1. The number of hydrogen-bond acceptors (Lipinski definition) is 5. The lowest BCUT2D eigenvalue weighted by Crippen LogP contribution is -2.36. The summed E-state index contributed by atoms with van der Waals surface area (Å²) in [6, 6.07) is 12.5. The van der Waals surface area contributed by atoms with Crippen LogP contribution in [-0.4, -0.2) is 58.5 Å². The summed E-state index contributed by atoms with van der Waals surface area (Å²) in [5.41, 5.74) is 6.54. The van der Waals surface area contributed by atoms with Crippen LogP contribution in [0.3, 0.4) is 0 Å². The molecular weight excluding hydrogens is 464 g/mol. The van der Waals surface area contributed by atoms with Gasteiger partial charge in [-0.15, -0.1) is 0 Å². The quantitative estimate of drug-likeness (QED) is 0.431. The first-order chi connectivity index (χ1) is 18.0. The van der Waals surface area contributed by atoms with Gasteiger partial charge in [0.2, 0.25) is 0 Å². The Kier molecular flexibility index (Phi) is 7.51. The third kappa shape index (κ3) is 5.10. The summed E-state index contributed by atoms with van der Waals surface area (Å²) in [4.78, 5) is 25.1. The van der Waals surface area contributed by atoms with E-state index >= 15 is 0 Å². The van der Waals surface area contributed by atoms with E-state index in [0.29, 0.717) is 13.1 Å². The number of aromatic nitrogens is 2. The predicted octanol–water partition coefficient (Wildman–Crippen LogP) is 5.29. The highest BCUT2D eigenvalue weighted by Gasteiger charge is 2.32. The van der Waals surface area contributed by atoms with Crippen molar-refractivity contribution in [1.82, 2.24) is 19.8 Å². The number of methoxy groups -OCH3 is 1. The van der Waals surface area contributed by atoms with E-state index < -0.39 is 0 Å². The molecule has 7 nitrogen and oxygen atoms in total. The van der Waals surface area contributed by atoms with E-state index in [9.17, 15) is 4.79 Å². The Bertz CT molecular complexity index is 1230. The van der Waals surface area contributed by atoms with Crippen LogP contribution in [0, 0.1) is 6.92 Å². The molecule has 0 radical (unpaired) electrons. The Balaban J connectivity index is 1.53. The second kappa shape index (κ2) is 11.0. The third-order valence-electron chi connectivity index (χ3n) is 7.91. The number of H-pyrrole nitrogens is 1. The largest absolute Gasteiger partial charge is 0.493 e. The molecule has 3 aromatic rings. The number of rotatable bonds is 9. The van der Waals surface area contributed by atoms with Crippen molar-refractivity contribution in [1.29, 1.82) is 0 Å². The monoisotopic (exact) mass is 502 g/mol. The van der Waals surface area contributed by atoms with Gasteiger partial charge in [0.15, 0.2) is 11.5 Å². The second-order valence-electron chi connectivity index (χ2n) is 10.1. The summed E-state index contributed by atoms with van der Waals surface area (Å²) in [5.74, 6) is 1.70. The molecule has 1 aromatic heterocycles. The van der Waals surface area contributed by atoms with Gasteiger partial charge in [0, 0.05) is 37.4 Å². The molecule has 1 unspecified atom stereocenters. The zero-order valence-corrected chi connectivity index (χ0v) is 22.4. The fourth-order valence-corrected chi connectivity index (χ4v) is 5.40. The van der Waals surface area contributed by atoms with Crippen LogP contribution in [-0.2, 0) is 13.0 Å². The number of fused-ring (bicyclic) bond motifs is 1. The minimum atomic E-state index is 0.0205. The van der Waals surface area contributed by atoms with Crippen molar-refractivity contribution in [3.8, 4) is 11.5 Å². The number of aromatic amines is 1. The van der Waals surface area contributed by atoms with E-state index in [-0.39, 0.29) is 18.1 Å². The molecule has 1 N–H and O–H groups in total. The average molecular weight is 503 g/mol. The van der Waals surface area contributed by atoms with E-state index in [1.807, 2.05) is 30.9 Å². The molecule has 5 rings (SSSR count). The van der Waals surface area contributed by atoms with Gasteiger partial charge in [-0.25, -0.2) is 4.98 Å². The Morgan fingerprint density at radius 1 is 1.14 bits per heavy atom. The summed E-state index contributed by atoms with van der Waals surface area (Å²) < 4.78 is 12.1. The molecule has 1 fully saturated rings. The van der Waals surface area contributed by atoms with Crippen molar-refractivity contribution < 1.29 is 14.3 Å². The summed E-state index contributed by atoms with van der Waals surface area (Å²) in [6.07, 6.45) is 6.36. The van der Waals surface area contributed by atoms with E-state index in [4.69, 9.17) is 9.47 Å². The SMILES string of the molecule is CCN(CC)C(=O)c1ccc(C2c3cc(OC4CCC4)c(OC)cc3CCN2Cc2nc[nH]c2C)cc1. The predicted molar refractivity (Wildman–Crippen MR) is 144 cm³/mol. The van der Waals surface area contributed by atoms with Crippen LogP contribution in [0.1, 0.15) is 77.6 Å². The normalized spacial score (nSPS) is 17.7. The van der Waals surface area contributed by atoms with Gasteiger partial charge in [-0.3, -0.25) is 9.69 Å². The van der Waals surface area contributed by atoms with E-state index in [1.54, 1.807) is 13.4 Å². The number of nitrogens with zero attached hydrogens (tertiary/aromatic N) is 3. The number of imidazole rings is 1. The lowest BCUT2D eigenvalue weighted by Gasteiger charge is -2.38. The molecule has 2 heterocycles. The average Bonchev–Trinajstić information content (AvgIpc) is 3.30. The summed E-state index contributed by atoms with van der Waals surface area (Å²) in [7, 11) is 1.72. The van der Waals surface area contributed by atoms with Crippen LogP contribution < -0.4 is 9.47 Å². The van der Waals surface area contributed by atoms with Gasteiger partial charge in [-0.1, -0.05) is 12.1 Å². The lowest BCUT2D eigenvalue weighted by atomic mass is 9.87. The van der Waals surface area contributed by atoms with Crippen LogP contribution in [0.5, 0.6) is 11.5 Å². The third-order valence-corrected chi connectivity index (χ3v) is 7.91. The van der Waals surface area contributed by atoms with Crippen LogP contribution in [0.25, 0.3) is 0 Å². The molecule has 2 aliphatic rings. The highest BCUT2D eigenvalue weighted by molar-refractivity contribution is 5.94. The molecule has 1 aliphatic carbocycles. The topological polar surface area (TPSA) is 70.7 Å². The molecule has 7 heteroatoms. The molecule has 196 valence electrons. The summed E-state index contributed by atoms with van der Waals surface area (Å²) in [6.45, 7) is 9.14. The van der Waals surface area contributed by atoms with Gasteiger partial charge in [0.1, 0.15) is 0 Å². The van der Waals surface area contributed by atoms with Crippen LogP contribution in [0.15, 0.2) is 42.7 Å². The smallest absolute Gasteiger partial charge is 0.253 e. The fourth-order valence-electron chi connectivity index (χ4n) is 5.40. The maximum Gasteiger partial charge on any atom is 0.253 e. The van der Waals surface area contributed by atoms with Crippen molar-refractivity contribution in [3.05, 3.63) is 76.4 Å². The number of hydrogen-bond donors (Lipinski definition) is 1. The Labute approximate surface area is 219 Å². The van der Waals surface area contributed by atoms with E-state index in [1.165, 1.54) is 17.5 Å². The van der Waals surface area contributed by atoms with Crippen molar-refractivity contribution in [2.24, 2.45) is 0 Å². The van der Waals surface area contributed by atoms with Gasteiger partial charge in [-0.2, -0.15) is 0 Å². The summed E-state index contributed by atoms with van der Waals surface area (Å²) in [5, 5.41) is 0. The van der Waals surface area contributed by atoms with E-state index in [2.05, 4.69) is 46.1 Å². The van der Waals surface area contributed by atoms with Crippen LogP contribution in [0.4, 0.5) is 0 Å². The Morgan fingerprint density at radius 2 is 1.89 bits per heavy atom. The molecule has 1 atom stereocenters. The fraction of sp³-hybridized carbons (Fsp3) is 0.467. The molecular formula is C30H38N4O3. The van der Waals surface area contributed by atoms with Gasteiger partial charge >= 0.3 is 0 Å². The minimum absolute atomic E-state index is 0.0205. The van der Waals surface area contributed by atoms with Gasteiger partial charge in [0.05, 0.1) is 31.3 Å². The molecule has 0 saturated heterocycles. The van der Waals surface area contributed by atoms with E-state index in [0.717, 1.165) is 66.4 Å². The number of carbonyl (C=O) groups is 1. The first-order valence-electron chi connectivity index (χ1n) is 13.5. The number of aryl methyl sites for hydroxylation is 1. The molecule has 0 bridgehead atoms. The number of nitrogens with one attached hydrogen (secondary N) is 1. The molecule has 1 aliphatic heterocycles. The number of benzene rings is 2. The maximum absolute atomic E-state index is 12.9. The Morgan fingerprint density at radius 3 is 2.49 bits per heavy atom. The molecule has 2 aromatic carbocycles. The number of ether oxygens (including phenoxy) is 2. The van der Waals surface area contributed by atoms with Crippen molar-refractivity contribution in [2.45, 2.75) is 65.1 Å². The Hall–Kier alpha value is -3.32. The highest BCUT2D eigenvalue weighted by atomic mass is 16.5. The molecule has 37 heavy (non-hydrogen) atoms. The standard InChI is InChI=1S/C30H38N4O3/c1-5-33(6-2)30(35)22-12-10-21(11-13-22)29-25-17-28(37-24-8-7-9-24)27(36-4)16-23(25)14-15-34(29)18-26-20(3)31-19-32-26/h10-13,16-17,19,24,29H,5-9,14-15,18H2,1-4H3,(H,31,32). The minimum Gasteiger partial charge on any atom is -0.493 e. The summed E-state index contributed by atoms with van der Waals surface area (Å²) >= 11 is 0. The van der Waals surface area contributed by atoms with Gasteiger partial charge in [0.25, 0.3) is 5.91 Å².